The molecule has 0 saturated carbocycles. The molecule has 0 atom stereocenters. The third kappa shape index (κ3) is 4.34. The first-order chi connectivity index (χ1) is 14.3. The molecule has 4 rings (SSSR count). The van der Waals surface area contributed by atoms with Crippen molar-refractivity contribution >= 4 is 22.7 Å². The van der Waals surface area contributed by atoms with Crippen molar-refractivity contribution in [2.75, 3.05) is 0 Å². The van der Waals surface area contributed by atoms with Crippen LogP contribution in [0.4, 0.5) is 0 Å². The molecule has 0 radical (unpaired) electrons. The van der Waals surface area contributed by atoms with Crippen LogP contribution in [-0.2, 0) is 18.8 Å². The highest BCUT2D eigenvalue weighted by molar-refractivity contribution is 7.98. The summed E-state index contributed by atoms with van der Waals surface area (Å²) in [6.07, 6.45) is 5.57. The van der Waals surface area contributed by atoms with Crippen molar-refractivity contribution < 1.29 is 0 Å². The molecule has 0 aliphatic carbocycles. The van der Waals surface area contributed by atoms with E-state index in [1.807, 2.05) is 41.1 Å². The third-order valence-corrected chi connectivity index (χ3v) is 5.52. The Hall–Kier alpha value is -3.07. The zero-order chi connectivity index (χ0) is 20.1. The van der Waals surface area contributed by atoms with E-state index in [1.165, 1.54) is 11.8 Å². The monoisotopic (exact) mass is 407 g/mol. The molecule has 0 aliphatic rings. The Morgan fingerprint density at radius 2 is 2.03 bits per heavy atom. The van der Waals surface area contributed by atoms with Crippen LogP contribution in [-0.4, -0.2) is 34.7 Å². The van der Waals surface area contributed by atoms with Crippen molar-refractivity contribution in [3.8, 4) is 0 Å². The number of aromatic nitrogens is 7. The van der Waals surface area contributed by atoms with Gasteiger partial charge < -0.3 is 0 Å². The van der Waals surface area contributed by atoms with Crippen LogP contribution in [0.25, 0.3) is 10.9 Å². The third-order valence-electron chi connectivity index (χ3n) is 4.55. The van der Waals surface area contributed by atoms with Gasteiger partial charge in [0.15, 0.2) is 11.0 Å². The second-order valence-corrected chi connectivity index (χ2v) is 7.57. The van der Waals surface area contributed by atoms with E-state index in [4.69, 9.17) is 4.98 Å². The van der Waals surface area contributed by atoms with Crippen LogP contribution in [0.15, 0.2) is 58.7 Å². The van der Waals surface area contributed by atoms with Gasteiger partial charge in [0, 0.05) is 18.9 Å². The SMILES string of the molecule is CCCCn1nnnc1CSc1nc2ccccc2c(=O)n1Cc1cccnc1. The largest absolute Gasteiger partial charge is 0.283 e. The van der Waals surface area contributed by atoms with E-state index < -0.39 is 0 Å². The number of tetrazole rings is 1. The van der Waals surface area contributed by atoms with Crippen molar-refractivity contribution in [3.05, 3.63) is 70.5 Å². The maximum absolute atomic E-state index is 13.2. The average Bonchev–Trinajstić information content (AvgIpc) is 3.21. The van der Waals surface area contributed by atoms with Crippen LogP contribution in [0.5, 0.6) is 0 Å². The van der Waals surface area contributed by atoms with Gasteiger partial charge in [-0.1, -0.05) is 43.3 Å². The van der Waals surface area contributed by atoms with Crippen LogP contribution in [0, 0.1) is 0 Å². The van der Waals surface area contributed by atoms with Gasteiger partial charge in [-0.3, -0.25) is 14.3 Å². The molecular weight excluding hydrogens is 386 g/mol. The Kier molecular flexibility index (Phi) is 5.95. The van der Waals surface area contributed by atoms with E-state index in [0.717, 1.165) is 30.8 Å². The summed E-state index contributed by atoms with van der Waals surface area (Å²) < 4.78 is 3.52. The van der Waals surface area contributed by atoms with Gasteiger partial charge in [-0.15, -0.1) is 5.10 Å². The number of benzene rings is 1. The number of thioether (sulfide) groups is 1. The topological polar surface area (TPSA) is 91.4 Å². The lowest BCUT2D eigenvalue weighted by Crippen LogP contribution is -2.24. The van der Waals surface area contributed by atoms with E-state index in [1.54, 1.807) is 17.0 Å². The van der Waals surface area contributed by atoms with Gasteiger partial charge in [-0.25, -0.2) is 9.67 Å². The Bertz CT molecular complexity index is 1160. The number of fused-ring (bicyclic) bond motifs is 1. The molecule has 0 N–H and O–H groups in total. The second-order valence-electron chi connectivity index (χ2n) is 6.62. The number of hydrogen-bond donors (Lipinski definition) is 0. The summed E-state index contributed by atoms with van der Waals surface area (Å²) in [5.41, 5.74) is 1.57. The fraction of sp³-hybridized carbons (Fsp3) is 0.300. The predicted octanol–water partition coefficient (Wildman–Crippen LogP) is 2.92. The fourth-order valence-electron chi connectivity index (χ4n) is 3.01. The van der Waals surface area contributed by atoms with Gasteiger partial charge in [0.2, 0.25) is 0 Å². The van der Waals surface area contributed by atoms with Crippen LogP contribution in [0.2, 0.25) is 0 Å². The summed E-state index contributed by atoms with van der Waals surface area (Å²) in [6.45, 7) is 3.33. The smallest absolute Gasteiger partial charge is 0.262 e. The number of nitrogens with zero attached hydrogens (tertiary/aromatic N) is 7. The summed E-state index contributed by atoms with van der Waals surface area (Å²) in [7, 11) is 0. The molecule has 4 aromatic rings. The molecule has 29 heavy (non-hydrogen) atoms. The first-order valence-electron chi connectivity index (χ1n) is 9.52. The lowest BCUT2D eigenvalue weighted by molar-refractivity contribution is 0.540. The zero-order valence-electron chi connectivity index (χ0n) is 16.1. The number of hydrogen-bond acceptors (Lipinski definition) is 7. The summed E-state index contributed by atoms with van der Waals surface area (Å²) in [4.78, 5) is 22.1. The number of rotatable bonds is 8. The maximum atomic E-state index is 13.2. The highest BCUT2D eigenvalue weighted by Crippen LogP contribution is 2.22. The van der Waals surface area contributed by atoms with Gasteiger partial charge in [0.1, 0.15) is 0 Å². The lowest BCUT2D eigenvalue weighted by Gasteiger charge is -2.13. The van der Waals surface area contributed by atoms with Gasteiger partial charge in [-0.2, -0.15) is 0 Å². The van der Waals surface area contributed by atoms with Crippen molar-refractivity contribution in [3.63, 3.8) is 0 Å². The summed E-state index contributed by atoms with van der Waals surface area (Å²) in [6, 6.07) is 11.2. The quantitative estimate of drug-likeness (QED) is 0.327. The Morgan fingerprint density at radius 1 is 1.14 bits per heavy atom. The molecule has 0 amide bonds. The molecule has 1 aromatic carbocycles. The van der Waals surface area contributed by atoms with Crippen molar-refractivity contribution in [2.45, 2.75) is 43.8 Å². The minimum atomic E-state index is -0.0625. The maximum Gasteiger partial charge on any atom is 0.262 e. The number of pyridine rings is 1. The molecule has 3 heterocycles. The molecule has 8 nitrogen and oxygen atoms in total. The minimum Gasteiger partial charge on any atom is -0.283 e. The first-order valence-corrected chi connectivity index (χ1v) is 10.5. The average molecular weight is 408 g/mol. The van der Waals surface area contributed by atoms with E-state index in [9.17, 15) is 4.79 Å². The van der Waals surface area contributed by atoms with Crippen molar-refractivity contribution in [2.24, 2.45) is 0 Å². The Morgan fingerprint density at radius 3 is 2.86 bits per heavy atom. The number of aryl methyl sites for hydroxylation is 1. The van der Waals surface area contributed by atoms with Gasteiger partial charge in [-0.05, 0) is 40.6 Å². The molecule has 0 unspecified atom stereocenters. The van der Waals surface area contributed by atoms with E-state index in [0.29, 0.717) is 28.4 Å². The number of para-hydroxylation sites is 1. The van der Waals surface area contributed by atoms with Crippen molar-refractivity contribution in [1.29, 1.82) is 0 Å². The Balaban J connectivity index is 1.68. The number of unbranched alkanes of at least 4 members (excludes halogenated alkanes) is 1. The molecular formula is C20H21N7OS. The second kappa shape index (κ2) is 8.95. The summed E-state index contributed by atoms with van der Waals surface area (Å²) >= 11 is 1.47. The standard InChI is InChI=1S/C20H21N7OS/c1-2-3-11-27-18(23-24-25-27)14-29-20-22-17-9-5-4-8-16(17)19(28)26(20)13-15-7-6-10-21-12-15/h4-10,12H,2-3,11,13-14H2,1H3. The van der Waals surface area contributed by atoms with E-state index in [2.05, 4.69) is 27.4 Å². The van der Waals surface area contributed by atoms with Crippen LogP contribution in [0.3, 0.4) is 0 Å². The molecule has 0 saturated heterocycles. The molecule has 0 spiro atoms. The minimum absolute atomic E-state index is 0.0625. The van der Waals surface area contributed by atoms with Crippen LogP contribution < -0.4 is 5.56 Å². The van der Waals surface area contributed by atoms with Crippen LogP contribution in [0.1, 0.15) is 31.2 Å². The van der Waals surface area contributed by atoms with Gasteiger partial charge in [0.25, 0.3) is 5.56 Å². The molecule has 0 fully saturated rings. The summed E-state index contributed by atoms with van der Waals surface area (Å²) in [5.74, 6) is 1.31. The zero-order valence-corrected chi connectivity index (χ0v) is 16.9. The lowest BCUT2D eigenvalue weighted by atomic mass is 10.2. The molecule has 148 valence electrons. The molecule has 0 aliphatic heterocycles. The summed E-state index contributed by atoms with van der Waals surface area (Å²) in [5, 5.41) is 13.3. The normalized spacial score (nSPS) is 11.2. The highest BCUT2D eigenvalue weighted by Gasteiger charge is 2.14. The molecule has 9 heteroatoms. The molecule has 3 aromatic heterocycles. The van der Waals surface area contributed by atoms with Crippen LogP contribution >= 0.6 is 11.8 Å². The van der Waals surface area contributed by atoms with Gasteiger partial charge in [0.05, 0.1) is 23.2 Å². The Labute approximate surface area is 172 Å². The van der Waals surface area contributed by atoms with E-state index >= 15 is 0 Å². The molecule has 0 bridgehead atoms. The predicted molar refractivity (Wildman–Crippen MR) is 112 cm³/mol. The van der Waals surface area contributed by atoms with E-state index in [-0.39, 0.29) is 5.56 Å². The highest BCUT2D eigenvalue weighted by atomic mass is 32.2. The van der Waals surface area contributed by atoms with Crippen molar-refractivity contribution in [1.82, 2.24) is 34.7 Å². The fourth-order valence-corrected chi connectivity index (χ4v) is 3.94. The van der Waals surface area contributed by atoms with Gasteiger partial charge >= 0.3 is 0 Å². The first kappa shape index (κ1) is 19.3.